The van der Waals surface area contributed by atoms with E-state index in [-0.39, 0.29) is 0 Å². The third kappa shape index (κ3) is 0.402. The van der Waals surface area contributed by atoms with E-state index < -0.39 is 0 Å². The zero-order chi connectivity index (χ0) is 9.19. The van der Waals surface area contributed by atoms with Crippen molar-refractivity contribution in [2.45, 2.75) is 6.42 Å². The van der Waals surface area contributed by atoms with Gasteiger partial charge in [-0.3, -0.25) is 4.79 Å². The van der Waals surface area contributed by atoms with Crippen LogP contribution in [-0.4, -0.2) is 5.78 Å². The first-order chi connectivity index (χ1) is 6.84. The first kappa shape index (κ1) is 7.05. The molecule has 14 heavy (non-hydrogen) atoms. The van der Waals surface area contributed by atoms with Gasteiger partial charge < -0.3 is 0 Å². The number of fused-ring (bicyclic) bond motifs is 2. The third-order valence-corrected chi connectivity index (χ3v) is 6.31. The van der Waals surface area contributed by atoms with E-state index >= 15 is 0 Å². The smallest absolute Gasteiger partial charge is 0.140 e. The second-order valence-corrected chi connectivity index (χ2v) is 6.05. The van der Waals surface area contributed by atoms with E-state index in [4.69, 9.17) is 11.6 Å². The molecule has 1 nitrogen and oxygen atoms in total. The highest BCUT2D eigenvalue weighted by Crippen LogP contribution is 2.83. The fraction of sp³-hybridized carbons (Fsp3) is 0.750. The second kappa shape index (κ2) is 1.73. The van der Waals surface area contributed by atoms with Crippen molar-refractivity contribution >= 4 is 17.4 Å². The fourth-order valence-electron chi connectivity index (χ4n) is 6.08. The quantitative estimate of drug-likeness (QED) is 0.593. The van der Waals surface area contributed by atoms with Gasteiger partial charge in [-0.15, -0.1) is 0 Å². The van der Waals surface area contributed by atoms with Gasteiger partial charge >= 0.3 is 0 Å². The lowest BCUT2D eigenvalue weighted by atomic mass is 9.59. The highest BCUT2D eigenvalue weighted by atomic mass is 35.5. The molecule has 0 aromatic rings. The summed E-state index contributed by atoms with van der Waals surface area (Å²) in [5, 5.41) is 0. The first-order valence-corrected chi connectivity index (χ1v) is 6.12. The van der Waals surface area contributed by atoms with Crippen LogP contribution in [0.2, 0.25) is 0 Å². The molecule has 0 amide bonds. The molecule has 0 aromatic carbocycles. The SMILES string of the molecule is O=C1C2C3CC4C2/C(=C\Cl)C2C1C3C42. The lowest BCUT2D eigenvalue weighted by Crippen LogP contribution is -2.44. The number of halogens is 1. The Balaban J connectivity index is 1.87. The lowest BCUT2D eigenvalue weighted by Gasteiger charge is -2.44. The number of hydrogen-bond acceptors (Lipinski definition) is 1. The molecule has 0 N–H and O–H groups in total. The maximum atomic E-state index is 12.1. The van der Waals surface area contributed by atoms with E-state index in [0.29, 0.717) is 29.5 Å². The average Bonchev–Trinajstić information content (AvgIpc) is 2.62. The Morgan fingerprint density at radius 1 is 1.07 bits per heavy atom. The molecule has 72 valence electrons. The molecular weight excluding hydrogens is 196 g/mol. The van der Waals surface area contributed by atoms with E-state index in [0.717, 1.165) is 23.7 Å². The zero-order valence-electron chi connectivity index (χ0n) is 7.69. The van der Waals surface area contributed by atoms with Gasteiger partial charge in [0.15, 0.2) is 0 Å². The van der Waals surface area contributed by atoms with E-state index in [9.17, 15) is 4.79 Å². The molecule has 0 radical (unpaired) electrons. The number of carbonyl (C=O) groups is 1. The van der Waals surface area contributed by atoms with Gasteiger partial charge in [-0.25, -0.2) is 0 Å². The Hall–Kier alpha value is -0.300. The van der Waals surface area contributed by atoms with Crippen molar-refractivity contribution < 1.29 is 4.79 Å². The van der Waals surface area contributed by atoms with Gasteiger partial charge in [0.05, 0.1) is 0 Å². The van der Waals surface area contributed by atoms with E-state index in [1.54, 1.807) is 0 Å². The van der Waals surface area contributed by atoms with Gasteiger partial charge in [-0.2, -0.15) is 0 Å². The minimum atomic E-state index is 0.412. The summed E-state index contributed by atoms with van der Waals surface area (Å²) >= 11 is 5.94. The van der Waals surface area contributed by atoms with E-state index in [2.05, 4.69) is 0 Å². The van der Waals surface area contributed by atoms with Crippen LogP contribution >= 0.6 is 11.6 Å². The van der Waals surface area contributed by atoms with Crippen LogP contribution < -0.4 is 0 Å². The number of ketones is 1. The van der Waals surface area contributed by atoms with Gasteiger partial charge in [-0.1, -0.05) is 17.2 Å². The summed E-state index contributed by atoms with van der Waals surface area (Å²) in [6, 6.07) is 0. The molecular formula is C12H11ClO. The van der Waals surface area contributed by atoms with Gasteiger partial charge in [0, 0.05) is 17.4 Å². The van der Waals surface area contributed by atoms with Crippen molar-refractivity contribution in [1.82, 2.24) is 0 Å². The molecule has 5 rings (SSSR count). The molecule has 5 aliphatic rings. The lowest BCUT2D eigenvalue weighted by molar-refractivity contribution is -0.130. The molecule has 0 saturated heterocycles. The summed E-state index contributed by atoms with van der Waals surface area (Å²) in [5.74, 6) is 5.95. The molecule has 0 aromatic heterocycles. The minimum Gasteiger partial charge on any atom is -0.299 e. The maximum Gasteiger partial charge on any atom is 0.140 e. The first-order valence-electron chi connectivity index (χ1n) is 5.68. The summed E-state index contributed by atoms with van der Waals surface area (Å²) in [5.41, 5.74) is 3.28. The Kier molecular flexibility index (Phi) is 0.872. The standard InChI is InChI=1S/C12H11ClO/c13-2-5-6-3-1-4-8-7(3)9(5)11(8)12(14)10(4)6/h2-4,6-11H,1H2/b5-2+. The number of hydrogen-bond donors (Lipinski definition) is 0. The largest absolute Gasteiger partial charge is 0.299 e. The predicted octanol–water partition coefficient (Wildman–Crippen LogP) is 2.07. The minimum absolute atomic E-state index is 0.412. The number of Topliss-reactive ketones (excluding diaryl/α,β-unsaturated/α-hetero) is 1. The molecule has 0 aliphatic heterocycles. The highest BCUT2D eigenvalue weighted by molar-refractivity contribution is 6.26. The normalized spacial score (nSPS) is 72.6. The maximum absolute atomic E-state index is 12.1. The molecule has 5 fully saturated rings. The van der Waals surface area contributed by atoms with Crippen LogP contribution in [0.1, 0.15) is 6.42 Å². The van der Waals surface area contributed by atoms with E-state index in [1.807, 2.05) is 5.54 Å². The summed E-state index contributed by atoms with van der Waals surface area (Å²) in [6.45, 7) is 0. The summed E-state index contributed by atoms with van der Waals surface area (Å²) in [6.07, 6.45) is 1.34. The van der Waals surface area contributed by atoms with Crippen LogP contribution in [0.15, 0.2) is 11.1 Å². The number of carbonyl (C=O) groups excluding carboxylic acids is 1. The van der Waals surface area contributed by atoms with Crippen molar-refractivity contribution in [1.29, 1.82) is 0 Å². The summed E-state index contributed by atoms with van der Waals surface area (Å²) in [4.78, 5) is 12.1. The molecule has 2 heteroatoms. The molecule has 0 heterocycles. The molecule has 2 bridgehead atoms. The van der Waals surface area contributed by atoms with E-state index in [1.165, 1.54) is 12.0 Å². The van der Waals surface area contributed by atoms with Gasteiger partial charge in [0.2, 0.25) is 0 Å². The molecule has 5 saturated carbocycles. The van der Waals surface area contributed by atoms with Crippen molar-refractivity contribution in [3.8, 4) is 0 Å². The van der Waals surface area contributed by atoms with Gasteiger partial charge in [0.25, 0.3) is 0 Å². The highest BCUT2D eigenvalue weighted by Gasteiger charge is 2.82. The second-order valence-electron chi connectivity index (χ2n) is 5.83. The van der Waals surface area contributed by atoms with Crippen LogP contribution in [0.5, 0.6) is 0 Å². The van der Waals surface area contributed by atoms with Gasteiger partial charge in [0.1, 0.15) is 5.78 Å². The summed E-state index contributed by atoms with van der Waals surface area (Å²) < 4.78 is 0. The van der Waals surface area contributed by atoms with Crippen molar-refractivity contribution in [2.75, 3.05) is 0 Å². The predicted molar refractivity (Wildman–Crippen MR) is 51.5 cm³/mol. The van der Waals surface area contributed by atoms with Gasteiger partial charge in [-0.05, 0) is 41.9 Å². The van der Waals surface area contributed by atoms with Crippen molar-refractivity contribution in [3.63, 3.8) is 0 Å². The topological polar surface area (TPSA) is 17.1 Å². The molecule has 0 spiro atoms. The Bertz CT molecular complexity index is 413. The Labute approximate surface area is 87.5 Å². The summed E-state index contributed by atoms with van der Waals surface area (Å²) in [7, 11) is 0. The molecule has 8 atom stereocenters. The zero-order valence-corrected chi connectivity index (χ0v) is 8.45. The Morgan fingerprint density at radius 2 is 1.79 bits per heavy atom. The van der Waals surface area contributed by atoms with Crippen LogP contribution in [0, 0.1) is 47.3 Å². The van der Waals surface area contributed by atoms with Crippen molar-refractivity contribution in [3.05, 3.63) is 11.1 Å². The van der Waals surface area contributed by atoms with Crippen LogP contribution in [-0.2, 0) is 4.79 Å². The monoisotopic (exact) mass is 206 g/mol. The van der Waals surface area contributed by atoms with Crippen molar-refractivity contribution in [2.24, 2.45) is 47.3 Å². The fourth-order valence-corrected chi connectivity index (χ4v) is 6.37. The average molecular weight is 207 g/mol. The number of rotatable bonds is 0. The van der Waals surface area contributed by atoms with Crippen LogP contribution in [0.4, 0.5) is 0 Å². The third-order valence-electron chi connectivity index (χ3n) is 6.06. The molecule has 5 aliphatic carbocycles. The Morgan fingerprint density at radius 3 is 2.57 bits per heavy atom. The van der Waals surface area contributed by atoms with Crippen LogP contribution in [0.25, 0.3) is 0 Å². The van der Waals surface area contributed by atoms with Crippen LogP contribution in [0.3, 0.4) is 0 Å². The molecule has 8 unspecified atom stereocenters. The number of allylic oxidation sites excluding steroid dienone is 1.